The minimum absolute atomic E-state index is 0.137. The van der Waals surface area contributed by atoms with Gasteiger partial charge in [-0.05, 0) is 25.7 Å². The molecule has 0 spiro atoms. The molecule has 5 nitrogen and oxygen atoms in total. The van der Waals surface area contributed by atoms with Gasteiger partial charge in [-0.25, -0.2) is 0 Å². The van der Waals surface area contributed by atoms with E-state index in [-0.39, 0.29) is 5.97 Å². The molecule has 0 aliphatic heterocycles. The average Bonchev–Trinajstić information content (AvgIpc) is 2.32. The first-order valence-corrected chi connectivity index (χ1v) is 6.70. The first-order valence-electron chi connectivity index (χ1n) is 6.70. The van der Waals surface area contributed by atoms with Crippen LogP contribution in [0.3, 0.4) is 0 Å². The topological polar surface area (TPSA) is 62.7 Å². The molecule has 0 aliphatic rings. The van der Waals surface area contributed by atoms with Crippen LogP contribution in [0.2, 0.25) is 0 Å². The Balaban J connectivity index is 3.59. The Labute approximate surface area is 110 Å². The molecule has 0 aromatic carbocycles. The summed E-state index contributed by atoms with van der Waals surface area (Å²) in [7, 11) is 1.75. The summed E-state index contributed by atoms with van der Waals surface area (Å²) >= 11 is 0. The number of aliphatic imine (C=N–C) groups is 1. The van der Waals surface area contributed by atoms with Crippen LogP contribution < -0.4 is 10.6 Å². The molecule has 0 aromatic heterocycles. The highest BCUT2D eigenvalue weighted by Gasteiger charge is 2.02. The fraction of sp³-hybridized carbons (Fsp3) is 0.846. The van der Waals surface area contributed by atoms with E-state index in [9.17, 15) is 4.79 Å². The molecule has 0 aliphatic carbocycles. The van der Waals surface area contributed by atoms with Crippen LogP contribution in [0, 0.1) is 5.92 Å². The van der Waals surface area contributed by atoms with Crippen LogP contribution in [0.4, 0.5) is 0 Å². The quantitative estimate of drug-likeness (QED) is 0.300. The zero-order valence-corrected chi connectivity index (χ0v) is 12.1. The average molecular weight is 257 g/mol. The van der Waals surface area contributed by atoms with E-state index in [1.807, 2.05) is 6.92 Å². The molecular formula is C13H27N3O2. The number of hydrogen-bond acceptors (Lipinski definition) is 3. The SMILES string of the molecule is CCOC(=O)CCCNC(=NC)NCCC(C)C. The highest BCUT2D eigenvalue weighted by Crippen LogP contribution is 1.96. The maximum Gasteiger partial charge on any atom is 0.305 e. The van der Waals surface area contributed by atoms with Gasteiger partial charge in [0.05, 0.1) is 6.61 Å². The van der Waals surface area contributed by atoms with Gasteiger partial charge in [-0.1, -0.05) is 13.8 Å². The third-order valence-electron chi connectivity index (χ3n) is 2.39. The van der Waals surface area contributed by atoms with Crippen LogP contribution in [0.25, 0.3) is 0 Å². The van der Waals surface area contributed by atoms with Crippen LogP contribution in [-0.2, 0) is 9.53 Å². The van der Waals surface area contributed by atoms with Crippen molar-refractivity contribution in [2.45, 2.75) is 40.0 Å². The van der Waals surface area contributed by atoms with Crippen molar-refractivity contribution >= 4 is 11.9 Å². The smallest absolute Gasteiger partial charge is 0.305 e. The first-order chi connectivity index (χ1) is 8.60. The number of nitrogens with one attached hydrogen (secondary N) is 2. The van der Waals surface area contributed by atoms with Crippen molar-refractivity contribution in [3.8, 4) is 0 Å². The van der Waals surface area contributed by atoms with Crippen molar-refractivity contribution in [2.75, 3.05) is 26.7 Å². The van der Waals surface area contributed by atoms with Crippen LogP contribution in [0.1, 0.15) is 40.0 Å². The first kappa shape index (κ1) is 16.7. The fourth-order valence-corrected chi connectivity index (χ4v) is 1.37. The molecule has 0 atom stereocenters. The number of ether oxygens (including phenoxy) is 1. The lowest BCUT2D eigenvalue weighted by Gasteiger charge is -2.12. The molecule has 0 saturated carbocycles. The molecule has 0 heterocycles. The third-order valence-corrected chi connectivity index (χ3v) is 2.39. The van der Waals surface area contributed by atoms with Gasteiger partial charge in [-0.3, -0.25) is 9.79 Å². The molecule has 0 amide bonds. The van der Waals surface area contributed by atoms with Crippen LogP contribution >= 0.6 is 0 Å². The standard InChI is InChI=1S/C13H27N3O2/c1-5-18-12(17)7-6-9-15-13(14-4)16-10-8-11(2)3/h11H,5-10H2,1-4H3,(H2,14,15,16). The Hall–Kier alpha value is -1.26. The molecule has 0 bridgehead atoms. The lowest BCUT2D eigenvalue weighted by molar-refractivity contribution is -0.143. The molecule has 0 aromatic rings. The lowest BCUT2D eigenvalue weighted by Crippen LogP contribution is -2.38. The van der Waals surface area contributed by atoms with E-state index in [2.05, 4.69) is 29.5 Å². The van der Waals surface area contributed by atoms with E-state index in [4.69, 9.17) is 4.74 Å². The van der Waals surface area contributed by atoms with Crippen molar-refractivity contribution in [1.82, 2.24) is 10.6 Å². The highest BCUT2D eigenvalue weighted by atomic mass is 16.5. The van der Waals surface area contributed by atoms with Crippen molar-refractivity contribution < 1.29 is 9.53 Å². The molecule has 0 rings (SSSR count). The van der Waals surface area contributed by atoms with Gasteiger partial charge in [0.15, 0.2) is 5.96 Å². The number of guanidine groups is 1. The normalized spacial score (nSPS) is 11.5. The molecule has 0 unspecified atom stereocenters. The maximum atomic E-state index is 11.1. The molecule has 0 fully saturated rings. The van der Waals surface area contributed by atoms with Gasteiger partial charge >= 0.3 is 5.97 Å². The van der Waals surface area contributed by atoms with Gasteiger partial charge in [-0.15, -0.1) is 0 Å². The van der Waals surface area contributed by atoms with E-state index >= 15 is 0 Å². The molecule has 2 N–H and O–H groups in total. The monoisotopic (exact) mass is 257 g/mol. The zero-order valence-electron chi connectivity index (χ0n) is 12.1. The fourth-order valence-electron chi connectivity index (χ4n) is 1.37. The third kappa shape index (κ3) is 9.93. The maximum absolute atomic E-state index is 11.1. The molecular weight excluding hydrogens is 230 g/mol. The second kappa shape index (κ2) is 10.9. The number of esters is 1. The van der Waals surface area contributed by atoms with Crippen LogP contribution in [0.15, 0.2) is 4.99 Å². The van der Waals surface area contributed by atoms with Crippen LogP contribution in [0.5, 0.6) is 0 Å². The predicted octanol–water partition coefficient (Wildman–Crippen LogP) is 1.54. The van der Waals surface area contributed by atoms with Gasteiger partial charge in [0.1, 0.15) is 0 Å². The Morgan fingerprint density at radius 1 is 1.28 bits per heavy atom. The van der Waals surface area contributed by atoms with Crippen molar-refractivity contribution in [2.24, 2.45) is 10.9 Å². The summed E-state index contributed by atoms with van der Waals surface area (Å²) in [6.45, 7) is 8.28. The summed E-state index contributed by atoms with van der Waals surface area (Å²) in [5.41, 5.74) is 0. The molecule has 5 heteroatoms. The Bertz CT molecular complexity index is 253. The summed E-state index contributed by atoms with van der Waals surface area (Å²) in [4.78, 5) is 15.2. The number of nitrogens with zero attached hydrogens (tertiary/aromatic N) is 1. The highest BCUT2D eigenvalue weighted by molar-refractivity contribution is 5.79. The van der Waals surface area contributed by atoms with Gasteiger partial charge in [0.25, 0.3) is 0 Å². The van der Waals surface area contributed by atoms with Gasteiger partial charge in [0, 0.05) is 26.6 Å². The Morgan fingerprint density at radius 3 is 2.50 bits per heavy atom. The second-order valence-corrected chi connectivity index (χ2v) is 4.52. The zero-order chi connectivity index (χ0) is 13.8. The summed E-state index contributed by atoms with van der Waals surface area (Å²) < 4.78 is 4.85. The Kier molecular flexibility index (Phi) is 10.1. The molecule has 0 saturated heterocycles. The van der Waals surface area contributed by atoms with Gasteiger partial charge in [-0.2, -0.15) is 0 Å². The predicted molar refractivity (Wildman–Crippen MR) is 74.7 cm³/mol. The van der Waals surface area contributed by atoms with E-state index in [1.165, 1.54) is 0 Å². The number of carbonyl (C=O) groups excluding carboxylic acids is 1. The van der Waals surface area contributed by atoms with Crippen molar-refractivity contribution in [1.29, 1.82) is 0 Å². The lowest BCUT2D eigenvalue weighted by atomic mass is 10.1. The molecule has 106 valence electrons. The van der Waals surface area contributed by atoms with Crippen molar-refractivity contribution in [3.05, 3.63) is 0 Å². The number of carbonyl (C=O) groups is 1. The molecule has 18 heavy (non-hydrogen) atoms. The summed E-state index contributed by atoms with van der Waals surface area (Å²) in [6, 6.07) is 0. The van der Waals surface area contributed by atoms with E-state index in [1.54, 1.807) is 7.05 Å². The minimum atomic E-state index is -0.137. The largest absolute Gasteiger partial charge is 0.466 e. The van der Waals surface area contributed by atoms with Crippen molar-refractivity contribution in [3.63, 3.8) is 0 Å². The van der Waals surface area contributed by atoms with Crippen LogP contribution in [-0.4, -0.2) is 38.7 Å². The second-order valence-electron chi connectivity index (χ2n) is 4.52. The van der Waals surface area contributed by atoms with E-state index < -0.39 is 0 Å². The summed E-state index contributed by atoms with van der Waals surface area (Å²) in [6.07, 6.45) is 2.32. The van der Waals surface area contributed by atoms with E-state index in [0.717, 1.165) is 31.9 Å². The summed E-state index contributed by atoms with van der Waals surface area (Å²) in [5, 5.41) is 6.41. The number of hydrogen-bond donors (Lipinski definition) is 2. The van der Waals surface area contributed by atoms with Gasteiger partial charge in [0.2, 0.25) is 0 Å². The molecule has 0 radical (unpaired) electrons. The minimum Gasteiger partial charge on any atom is -0.466 e. The van der Waals surface area contributed by atoms with Gasteiger partial charge < -0.3 is 15.4 Å². The Morgan fingerprint density at radius 2 is 1.94 bits per heavy atom. The van der Waals surface area contributed by atoms with E-state index in [0.29, 0.717) is 18.9 Å². The summed E-state index contributed by atoms with van der Waals surface area (Å²) in [5.74, 6) is 1.33. The number of rotatable bonds is 8.